The number of hydrogen-bond donors (Lipinski definition) is 1. The zero-order valence-corrected chi connectivity index (χ0v) is 12.1. The van der Waals surface area contributed by atoms with Crippen LogP contribution in [-0.2, 0) is 6.54 Å². The maximum absolute atomic E-state index is 10.9. The summed E-state index contributed by atoms with van der Waals surface area (Å²) in [5.74, 6) is 1.42. The molecule has 1 aliphatic carbocycles. The van der Waals surface area contributed by atoms with Gasteiger partial charge in [0, 0.05) is 18.7 Å². The van der Waals surface area contributed by atoms with Crippen molar-refractivity contribution in [2.75, 3.05) is 7.11 Å². The van der Waals surface area contributed by atoms with Gasteiger partial charge in [0.1, 0.15) is 5.75 Å². The molecule has 0 aliphatic heterocycles. The van der Waals surface area contributed by atoms with E-state index in [-0.39, 0.29) is 10.6 Å². The summed E-state index contributed by atoms with van der Waals surface area (Å²) in [6.45, 7) is 2.82. The summed E-state index contributed by atoms with van der Waals surface area (Å²) in [5, 5.41) is 14.4. The van der Waals surface area contributed by atoms with Crippen LogP contribution in [0.25, 0.3) is 0 Å². The van der Waals surface area contributed by atoms with E-state index in [4.69, 9.17) is 4.74 Å². The Kier molecular flexibility index (Phi) is 4.95. The quantitative estimate of drug-likeness (QED) is 0.585. The molecule has 0 spiro atoms. The van der Waals surface area contributed by atoms with Crippen molar-refractivity contribution < 1.29 is 9.66 Å². The van der Waals surface area contributed by atoms with Crippen molar-refractivity contribution >= 4 is 5.69 Å². The van der Waals surface area contributed by atoms with Crippen molar-refractivity contribution in [3.8, 4) is 5.75 Å². The Balaban J connectivity index is 1.99. The van der Waals surface area contributed by atoms with Gasteiger partial charge >= 0.3 is 0 Å². The third-order valence-corrected chi connectivity index (χ3v) is 3.80. The summed E-state index contributed by atoms with van der Waals surface area (Å²) >= 11 is 0. The van der Waals surface area contributed by atoms with E-state index in [1.807, 2.05) is 6.07 Å². The molecule has 1 aromatic carbocycles. The molecule has 0 amide bonds. The molecule has 1 fully saturated rings. The number of nitrogens with zero attached hydrogens (tertiary/aromatic N) is 1. The third-order valence-electron chi connectivity index (χ3n) is 3.80. The highest BCUT2D eigenvalue weighted by atomic mass is 16.6. The minimum atomic E-state index is -0.381. The van der Waals surface area contributed by atoms with Gasteiger partial charge in [0.2, 0.25) is 0 Å². The Bertz CT molecular complexity index is 472. The van der Waals surface area contributed by atoms with Crippen molar-refractivity contribution in [3.05, 3.63) is 33.9 Å². The summed E-state index contributed by atoms with van der Waals surface area (Å²) in [7, 11) is 1.53. The number of hydrogen-bond acceptors (Lipinski definition) is 4. The number of non-ortho nitro benzene ring substituents is 1. The lowest BCUT2D eigenvalue weighted by Crippen LogP contribution is -2.28. The summed E-state index contributed by atoms with van der Waals surface area (Å²) in [6, 6.07) is 5.40. The molecule has 1 atom stereocenters. The number of nitro groups is 1. The van der Waals surface area contributed by atoms with Crippen LogP contribution in [0.3, 0.4) is 0 Å². The largest absolute Gasteiger partial charge is 0.496 e. The average molecular weight is 278 g/mol. The van der Waals surface area contributed by atoms with Crippen LogP contribution in [0.2, 0.25) is 0 Å². The van der Waals surface area contributed by atoms with Crippen LogP contribution in [0, 0.1) is 16.0 Å². The highest BCUT2D eigenvalue weighted by molar-refractivity contribution is 5.42. The lowest BCUT2D eigenvalue weighted by molar-refractivity contribution is -0.385. The molecule has 20 heavy (non-hydrogen) atoms. The summed E-state index contributed by atoms with van der Waals surface area (Å²) in [5.41, 5.74) is 0.974. The van der Waals surface area contributed by atoms with Crippen LogP contribution in [0.1, 0.15) is 38.2 Å². The minimum absolute atomic E-state index is 0.0800. The van der Waals surface area contributed by atoms with Gasteiger partial charge in [0.25, 0.3) is 5.69 Å². The van der Waals surface area contributed by atoms with E-state index in [1.165, 1.54) is 32.4 Å². The molecule has 5 nitrogen and oxygen atoms in total. The average Bonchev–Trinajstić information content (AvgIpc) is 3.26. The normalized spacial score (nSPS) is 15.9. The van der Waals surface area contributed by atoms with E-state index in [9.17, 15) is 10.1 Å². The van der Waals surface area contributed by atoms with Gasteiger partial charge in [-0.2, -0.15) is 0 Å². The first-order valence-electron chi connectivity index (χ1n) is 7.18. The van der Waals surface area contributed by atoms with Gasteiger partial charge in [-0.1, -0.05) is 19.8 Å². The number of benzene rings is 1. The number of methoxy groups -OCH3 is 1. The summed E-state index contributed by atoms with van der Waals surface area (Å²) < 4.78 is 5.12. The highest BCUT2D eigenvalue weighted by Gasteiger charge is 2.24. The van der Waals surface area contributed by atoms with E-state index in [0.717, 1.165) is 17.9 Å². The Morgan fingerprint density at radius 1 is 1.45 bits per heavy atom. The van der Waals surface area contributed by atoms with Gasteiger partial charge in [0.15, 0.2) is 0 Å². The molecule has 1 N–H and O–H groups in total. The standard InChI is InChI=1S/C15H22N2O3/c1-3-13(6-11-4-5-11)16-10-12-7-14(17(18)19)9-15(8-12)20-2/h7-9,11,13,16H,3-6,10H2,1-2H3. The van der Waals surface area contributed by atoms with Crippen molar-refractivity contribution in [1.29, 1.82) is 0 Å². The molecule has 0 bridgehead atoms. The number of nitro benzene ring substituents is 1. The molecule has 1 unspecified atom stereocenters. The fourth-order valence-electron chi connectivity index (χ4n) is 2.38. The van der Waals surface area contributed by atoms with E-state index in [0.29, 0.717) is 18.3 Å². The van der Waals surface area contributed by atoms with Crippen LogP contribution >= 0.6 is 0 Å². The zero-order valence-electron chi connectivity index (χ0n) is 12.1. The molecule has 1 saturated carbocycles. The first kappa shape index (κ1) is 14.8. The third kappa shape index (κ3) is 4.20. The molecule has 1 aromatic rings. The lowest BCUT2D eigenvalue weighted by atomic mass is 10.1. The Morgan fingerprint density at radius 3 is 2.75 bits per heavy atom. The van der Waals surface area contributed by atoms with E-state index in [2.05, 4.69) is 12.2 Å². The van der Waals surface area contributed by atoms with E-state index < -0.39 is 0 Å². The molecular formula is C15H22N2O3. The Labute approximate surface area is 119 Å². The molecule has 110 valence electrons. The number of ether oxygens (including phenoxy) is 1. The summed E-state index contributed by atoms with van der Waals surface area (Å²) in [6.07, 6.45) is 5.00. The first-order chi connectivity index (χ1) is 9.62. The van der Waals surface area contributed by atoms with E-state index in [1.54, 1.807) is 6.07 Å². The predicted molar refractivity (Wildman–Crippen MR) is 77.9 cm³/mol. The molecular weight excluding hydrogens is 256 g/mol. The fraction of sp³-hybridized carbons (Fsp3) is 0.600. The van der Waals surface area contributed by atoms with Gasteiger partial charge < -0.3 is 10.1 Å². The van der Waals surface area contributed by atoms with Crippen molar-refractivity contribution in [2.45, 2.75) is 45.2 Å². The molecule has 0 heterocycles. The van der Waals surface area contributed by atoms with Crippen LogP contribution < -0.4 is 10.1 Å². The van der Waals surface area contributed by atoms with Crippen molar-refractivity contribution in [3.63, 3.8) is 0 Å². The Hall–Kier alpha value is -1.62. The van der Waals surface area contributed by atoms with Crippen LogP contribution in [0.4, 0.5) is 5.69 Å². The second-order valence-corrected chi connectivity index (χ2v) is 5.46. The lowest BCUT2D eigenvalue weighted by Gasteiger charge is -2.16. The monoisotopic (exact) mass is 278 g/mol. The predicted octanol–water partition coefficient (Wildman–Crippen LogP) is 3.27. The maximum atomic E-state index is 10.9. The van der Waals surface area contributed by atoms with Crippen molar-refractivity contribution in [2.24, 2.45) is 5.92 Å². The van der Waals surface area contributed by atoms with Gasteiger partial charge in [-0.3, -0.25) is 10.1 Å². The van der Waals surface area contributed by atoms with Crippen LogP contribution in [0.15, 0.2) is 18.2 Å². The fourth-order valence-corrected chi connectivity index (χ4v) is 2.38. The maximum Gasteiger partial charge on any atom is 0.273 e. The molecule has 0 radical (unpaired) electrons. The second kappa shape index (κ2) is 6.70. The highest BCUT2D eigenvalue weighted by Crippen LogP contribution is 2.34. The number of rotatable bonds is 8. The SMILES string of the molecule is CCC(CC1CC1)NCc1cc(OC)cc([N+](=O)[O-])c1. The topological polar surface area (TPSA) is 64.4 Å². The molecule has 2 rings (SSSR count). The Morgan fingerprint density at radius 2 is 2.20 bits per heavy atom. The van der Waals surface area contributed by atoms with Gasteiger partial charge in [0.05, 0.1) is 18.1 Å². The van der Waals surface area contributed by atoms with Gasteiger partial charge in [-0.15, -0.1) is 0 Å². The first-order valence-corrected chi connectivity index (χ1v) is 7.18. The van der Waals surface area contributed by atoms with Gasteiger partial charge in [-0.05, 0) is 30.4 Å². The molecule has 0 saturated heterocycles. The van der Waals surface area contributed by atoms with Crippen LogP contribution in [0.5, 0.6) is 5.75 Å². The molecule has 1 aliphatic rings. The molecule has 5 heteroatoms. The second-order valence-electron chi connectivity index (χ2n) is 5.46. The summed E-state index contributed by atoms with van der Waals surface area (Å²) in [4.78, 5) is 10.5. The molecule has 0 aromatic heterocycles. The van der Waals surface area contributed by atoms with E-state index >= 15 is 0 Å². The zero-order chi connectivity index (χ0) is 14.5. The van der Waals surface area contributed by atoms with Crippen molar-refractivity contribution in [1.82, 2.24) is 5.32 Å². The smallest absolute Gasteiger partial charge is 0.273 e. The van der Waals surface area contributed by atoms with Gasteiger partial charge in [-0.25, -0.2) is 0 Å². The van der Waals surface area contributed by atoms with Crippen LogP contribution in [-0.4, -0.2) is 18.1 Å². The number of nitrogens with one attached hydrogen (secondary N) is 1. The minimum Gasteiger partial charge on any atom is -0.496 e.